The van der Waals surface area contributed by atoms with Crippen molar-refractivity contribution in [2.75, 3.05) is 7.11 Å². The highest BCUT2D eigenvalue weighted by Crippen LogP contribution is 2.39. The van der Waals surface area contributed by atoms with Gasteiger partial charge in [-0.1, -0.05) is 6.07 Å². The maximum Gasteiger partial charge on any atom is 0.191 e. The molecule has 0 saturated heterocycles. The van der Waals surface area contributed by atoms with Gasteiger partial charge in [0.15, 0.2) is 28.9 Å². The van der Waals surface area contributed by atoms with Gasteiger partial charge in [-0.15, -0.1) is 5.10 Å². The second kappa shape index (κ2) is 5.87. The Bertz CT molecular complexity index is 1150. The van der Waals surface area contributed by atoms with Gasteiger partial charge in [0.25, 0.3) is 0 Å². The number of nitrogens with zero attached hydrogens (tertiary/aromatic N) is 5. The standard InChI is InChI=1S/C19H15F2N5O/c1-27-18-12(20)8-7-11(16(18)21)17-15(13-5-4-10-25(13)23-17)19-22-14-6-2-3-9-26(14)24-19/h2-3,6-9H,4-5,10H2,1H3. The average molecular weight is 367 g/mol. The quantitative estimate of drug-likeness (QED) is 0.556. The summed E-state index contributed by atoms with van der Waals surface area (Å²) >= 11 is 0. The van der Waals surface area contributed by atoms with Crippen LogP contribution in [0.4, 0.5) is 8.78 Å². The zero-order valence-electron chi connectivity index (χ0n) is 14.5. The Morgan fingerprint density at radius 3 is 2.81 bits per heavy atom. The normalized spacial score (nSPS) is 13.3. The summed E-state index contributed by atoms with van der Waals surface area (Å²) in [6, 6.07) is 8.15. The van der Waals surface area contributed by atoms with Crippen molar-refractivity contribution < 1.29 is 13.5 Å². The van der Waals surface area contributed by atoms with Crippen molar-refractivity contribution in [3.8, 4) is 28.4 Å². The molecule has 27 heavy (non-hydrogen) atoms. The van der Waals surface area contributed by atoms with Crippen LogP contribution in [-0.4, -0.2) is 31.5 Å². The monoisotopic (exact) mass is 367 g/mol. The van der Waals surface area contributed by atoms with Crippen molar-refractivity contribution in [1.29, 1.82) is 0 Å². The fraction of sp³-hybridized carbons (Fsp3) is 0.211. The number of rotatable bonds is 3. The molecule has 0 aliphatic carbocycles. The van der Waals surface area contributed by atoms with E-state index in [0.717, 1.165) is 25.1 Å². The molecular weight excluding hydrogens is 352 g/mol. The molecule has 0 radical (unpaired) electrons. The first kappa shape index (κ1) is 15.9. The van der Waals surface area contributed by atoms with Gasteiger partial charge in [-0.05, 0) is 37.1 Å². The molecule has 1 aliphatic heterocycles. The number of ether oxygens (including phenoxy) is 1. The number of methoxy groups -OCH3 is 1. The van der Waals surface area contributed by atoms with Crippen LogP contribution < -0.4 is 4.74 Å². The SMILES string of the molecule is COc1c(F)ccc(-c2nn3c(c2-c2nc4ccccn4n2)CCC3)c1F. The summed E-state index contributed by atoms with van der Waals surface area (Å²) in [6.45, 7) is 0.746. The Kier molecular flexibility index (Phi) is 3.46. The van der Waals surface area contributed by atoms with Crippen LogP contribution >= 0.6 is 0 Å². The molecule has 8 heteroatoms. The largest absolute Gasteiger partial charge is 0.491 e. The topological polar surface area (TPSA) is 57.2 Å². The van der Waals surface area contributed by atoms with E-state index in [1.807, 2.05) is 22.9 Å². The molecule has 0 N–H and O–H groups in total. The first-order chi connectivity index (χ1) is 13.2. The van der Waals surface area contributed by atoms with Gasteiger partial charge in [0.05, 0.1) is 18.4 Å². The maximum atomic E-state index is 14.9. The number of hydrogen-bond donors (Lipinski definition) is 0. The summed E-state index contributed by atoms with van der Waals surface area (Å²) in [7, 11) is 1.24. The molecule has 0 bridgehead atoms. The molecule has 0 spiro atoms. The molecule has 3 aromatic heterocycles. The highest BCUT2D eigenvalue weighted by Gasteiger charge is 2.29. The van der Waals surface area contributed by atoms with Crippen molar-refractivity contribution in [2.45, 2.75) is 19.4 Å². The number of hydrogen-bond acceptors (Lipinski definition) is 4. The van der Waals surface area contributed by atoms with Crippen LogP contribution in [-0.2, 0) is 13.0 Å². The lowest BCUT2D eigenvalue weighted by molar-refractivity contribution is 0.360. The molecule has 0 unspecified atom stereocenters. The van der Waals surface area contributed by atoms with Crippen molar-refractivity contribution in [3.05, 3.63) is 53.9 Å². The number of pyridine rings is 1. The van der Waals surface area contributed by atoms with Crippen molar-refractivity contribution in [3.63, 3.8) is 0 Å². The minimum Gasteiger partial charge on any atom is -0.491 e. The van der Waals surface area contributed by atoms with E-state index in [-0.39, 0.29) is 5.56 Å². The summed E-state index contributed by atoms with van der Waals surface area (Å²) in [6.07, 6.45) is 3.56. The third-order valence-corrected chi connectivity index (χ3v) is 4.81. The van der Waals surface area contributed by atoms with E-state index in [9.17, 15) is 8.78 Å². The average Bonchev–Trinajstić information content (AvgIpc) is 3.35. The van der Waals surface area contributed by atoms with Crippen LogP contribution in [0.5, 0.6) is 5.75 Å². The van der Waals surface area contributed by atoms with Gasteiger partial charge >= 0.3 is 0 Å². The summed E-state index contributed by atoms with van der Waals surface area (Å²) < 4.78 is 37.2. The Hall–Kier alpha value is -3.29. The van der Waals surface area contributed by atoms with Gasteiger partial charge in [0, 0.05) is 18.3 Å². The Labute approximate surface area is 153 Å². The van der Waals surface area contributed by atoms with E-state index in [1.54, 1.807) is 10.7 Å². The molecule has 0 fully saturated rings. The number of benzene rings is 1. The number of fused-ring (bicyclic) bond motifs is 2. The van der Waals surface area contributed by atoms with E-state index >= 15 is 0 Å². The summed E-state index contributed by atoms with van der Waals surface area (Å²) in [5.74, 6) is -1.48. The fourth-order valence-corrected chi connectivity index (χ4v) is 3.60. The number of aryl methyl sites for hydroxylation is 1. The molecule has 4 aromatic rings. The van der Waals surface area contributed by atoms with Gasteiger partial charge in [0.1, 0.15) is 5.69 Å². The van der Waals surface area contributed by atoms with E-state index in [1.165, 1.54) is 19.2 Å². The third-order valence-electron chi connectivity index (χ3n) is 4.81. The van der Waals surface area contributed by atoms with Gasteiger partial charge in [0.2, 0.25) is 0 Å². The predicted molar refractivity (Wildman–Crippen MR) is 94.4 cm³/mol. The number of halogens is 2. The molecule has 5 rings (SSSR count). The van der Waals surface area contributed by atoms with Crippen molar-refractivity contribution in [2.24, 2.45) is 0 Å². The van der Waals surface area contributed by atoms with Crippen LogP contribution in [0, 0.1) is 11.6 Å². The molecule has 1 aliphatic rings. The smallest absolute Gasteiger partial charge is 0.191 e. The van der Waals surface area contributed by atoms with Crippen LogP contribution in [0.3, 0.4) is 0 Å². The van der Waals surface area contributed by atoms with Gasteiger partial charge in [-0.2, -0.15) is 5.10 Å². The first-order valence-corrected chi connectivity index (χ1v) is 8.61. The molecule has 0 atom stereocenters. The van der Waals surface area contributed by atoms with Crippen LogP contribution in [0.15, 0.2) is 36.5 Å². The van der Waals surface area contributed by atoms with E-state index in [4.69, 9.17) is 4.74 Å². The third kappa shape index (κ3) is 2.33. The lowest BCUT2D eigenvalue weighted by Crippen LogP contribution is -1.98. The summed E-state index contributed by atoms with van der Waals surface area (Å²) in [5.41, 5.74) is 2.90. The maximum absolute atomic E-state index is 14.9. The van der Waals surface area contributed by atoms with E-state index in [2.05, 4.69) is 15.2 Å². The molecule has 1 aromatic carbocycles. The van der Waals surface area contributed by atoms with Crippen LogP contribution in [0.25, 0.3) is 28.3 Å². The molecule has 4 heterocycles. The first-order valence-electron chi connectivity index (χ1n) is 8.61. The minimum atomic E-state index is -0.778. The van der Waals surface area contributed by atoms with Crippen LogP contribution in [0.2, 0.25) is 0 Å². The minimum absolute atomic E-state index is 0.170. The van der Waals surface area contributed by atoms with E-state index < -0.39 is 17.4 Å². The zero-order valence-corrected chi connectivity index (χ0v) is 14.5. The predicted octanol–water partition coefficient (Wildman–Crippen LogP) is 3.49. The second-order valence-corrected chi connectivity index (χ2v) is 6.38. The second-order valence-electron chi connectivity index (χ2n) is 6.38. The van der Waals surface area contributed by atoms with Gasteiger partial charge < -0.3 is 4.74 Å². The van der Waals surface area contributed by atoms with E-state index in [0.29, 0.717) is 22.7 Å². The van der Waals surface area contributed by atoms with Gasteiger partial charge in [-0.25, -0.2) is 18.3 Å². The molecule has 136 valence electrons. The Balaban J connectivity index is 1.78. The zero-order chi connectivity index (χ0) is 18.5. The van der Waals surface area contributed by atoms with Crippen LogP contribution in [0.1, 0.15) is 12.1 Å². The van der Waals surface area contributed by atoms with Gasteiger partial charge in [-0.3, -0.25) is 4.68 Å². The summed E-state index contributed by atoms with van der Waals surface area (Å²) in [4.78, 5) is 4.58. The molecule has 6 nitrogen and oxygen atoms in total. The van der Waals surface area contributed by atoms with Crippen molar-refractivity contribution in [1.82, 2.24) is 24.4 Å². The Morgan fingerprint density at radius 1 is 1.11 bits per heavy atom. The Morgan fingerprint density at radius 2 is 2.00 bits per heavy atom. The lowest BCUT2D eigenvalue weighted by Gasteiger charge is -2.08. The summed E-state index contributed by atoms with van der Waals surface area (Å²) in [5, 5.41) is 9.12. The molecular formula is C19H15F2N5O. The highest BCUT2D eigenvalue weighted by molar-refractivity contribution is 5.81. The lowest BCUT2D eigenvalue weighted by atomic mass is 10.0. The molecule has 0 amide bonds. The number of aromatic nitrogens is 5. The fourth-order valence-electron chi connectivity index (χ4n) is 3.60. The highest BCUT2D eigenvalue weighted by atomic mass is 19.1. The van der Waals surface area contributed by atoms with Crippen molar-refractivity contribution >= 4 is 5.65 Å². The molecule has 0 saturated carbocycles.